The number of aromatic nitrogens is 2. The summed E-state index contributed by atoms with van der Waals surface area (Å²) in [6, 6.07) is 9.00. The fraction of sp³-hybridized carbons (Fsp3) is 0.273. The lowest BCUT2D eigenvalue weighted by molar-refractivity contribution is 0.0601. The Morgan fingerprint density at radius 1 is 1.10 bits per heavy atom. The molecular weight excluding hydrogens is 372 g/mol. The van der Waals surface area contributed by atoms with Crippen LogP contribution in [0.1, 0.15) is 21.6 Å². The zero-order chi connectivity index (χ0) is 20.7. The fourth-order valence-corrected chi connectivity index (χ4v) is 3.85. The topological polar surface area (TPSA) is 82.8 Å². The van der Waals surface area contributed by atoms with Gasteiger partial charge < -0.3 is 23.9 Å². The van der Waals surface area contributed by atoms with Gasteiger partial charge in [-0.15, -0.1) is 0 Å². The monoisotopic (exact) mass is 394 g/mol. The van der Waals surface area contributed by atoms with Crippen molar-refractivity contribution in [3.63, 3.8) is 0 Å². The van der Waals surface area contributed by atoms with E-state index in [1.807, 2.05) is 23.6 Å². The molecule has 0 aliphatic carbocycles. The summed E-state index contributed by atoms with van der Waals surface area (Å²) in [5.74, 6) is 0.853. The number of fused-ring (bicyclic) bond motifs is 3. The van der Waals surface area contributed by atoms with Crippen LogP contribution < -0.4 is 9.47 Å². The van der Waals surface area contributed by atoms with Gasteiger partial charge >= 0.3 is 5.97 Å². The molecule has 0 bridgehead atoms. The number of ether oxygens (including phenoxy) is 3. The Labute approximate surface area is 168 Å². The minimum atomic E-state index is -0.495. The molecule has 3 aromatic rings. The second kappa shape index (κ2) is 7.16. The largest absolute Gasteiger partial charge is 0.506 e. The van der Waals surface area contributed by atoms with E-state index in [0.29, 0.717) is 35.0 Å². The summed E-state index contributed by atoms with van der Waals surface area (Å²) >= 11 is 0. The molecule has 0 radical (unpaired) electrons. The summed E-state index contributed by atoms with van der Waals surface area (Å²) in [7, 11) is 4.53. The highest BCUT2D eigenvalue weighted by atomic mass is 16.5. The van der Waals surface area contributed by atoms with Crippen LogP contribution in [0.2, 0.25) is 0 Å². The first kappa shape index (κ1) is 18.9. The van der Waals surface area contributed by atoms with Crippen LogP contribution in [-0.4, -0.2) is 42.0 Å². The number of carbonyl (C=O) groups excluding carboxylic acids is 1. The van der Waals surface area contributed by atoms with E-state index >= 15 is 0 Å². The van der Waals surface area contributed by atoms with Gasteiger partial charge in [-0.3, -0.25) is 4.98 Å². The van der Waals surface area contributed by atoms with Crippen molar-refractivity contribution in [1.29, 1.82) is 0 Å². The fourth-order valence-electron chi connectivity index (χ4n) is 3.85. The first-order valence-corrected chi connectivity index (χ1v) is 9.22. The molecule has 1 aliphatic heterocycles. The van der Waals surface area contributed by atoms with Crippen molar-refractivity contribution in [2.75, 3.05) is 21.3 Å². The number of aromatic hydroxyl groups is 1. The Balaban J connectivity index is 1.94. The highest BCUT2D eigenvalue weighted by molar-refractivity contribution is 5.97. The Hall–Kier alpha value is -3.48. The van der Waals surface area contributed by atoms with Gasteiger partial charge in [0.1, 0.15) is 17.1 Å². The number of benzene rings is 1. The van der Waals surface area contributed by atoms with Crippen LogP contribution >= 0.6 is 0 Å². The molecule has 1 N–H and O–H groups in total. The molecule has 1 aliphatic rings. The van der Waals surface area contributed by atoms with E-state index in [9.17, 15) is 9.90 Å². The highest BCUT2D eigenvalue weighted by Crippen LogP contribution is 2.44. The smallest absolute Gasteiger partial charge is 0.340 e. The molecule has 29 heavy (non-hydrogen) atoms. The van der Waals surface area contributed by atoms with Crippen LogP contribution in [0.3, 0.4) is 0 Å². The molecule has 0 unspecified atom stereocenters. The Morgan fingerprint density at radius 2 is 1.83 bits per heavy atom. The lowest BCUT2D eigenvalue weighted by atomic mass is 9.97. The van der Waals surface area contributed by atoms with Crippen molar-refractivity contribution in [3.05, 3.63) is 47.2 Å². The first-order chi connectivity index (χ1) is 14.0. The summed E-state index contributed by atoms with van der Waals surface area (Å²) in [6.45, 7) is 2.47. The van der Waals surface area contributed by atoms with E-state index in [1.165, 1.54) is 7.11 Å². The number of carbonyl (C=O) groups is 1. The van der Waals surface area contributed by atoms with Crippen molar-refractivity contribution >= 4 is 5.97 Å². The number of hydrogen-bond acceptors (Lipinski definition) is 6. The van der Waals surface area contributed by atoms with Crippen LogP contribution in [-0.2, 0) is 17.7 Å². The van der Waals surface area contributed by atoms with E-state index in [2.05, 4.69) is 4.98 Å². The maximum Gasteiger partial charge on any atom is 0.340 e. The lowest BCUT2D eigenvalue weighted by Gasteiger charge is -2.23. The number of rotatable bonds is 4. The summed E-state index contributed by atoms with van der Waals surface area (Å²) in [5.41, 5.74) is 4.85. The van der Waals surface area contributed by atoms with Gasteiger partial charge in [0.15, 0.2) is 11.5 Å². The second-order valence-electron chi connectivity index (χ2n) is 6.87. The molecule has 0 fully saturated rings. The predicted molar refractivity (Wildman–Crippen MR) is 108 cm³/mol. The maximum atomic E-state index is 12.3. The van der Waals surface area contributed by atoms with Crippen LogP contribution in [0.5, 0.6) is 17.2 Å². The molecule has 0 saturated carbocycles. The zero-order valence-electron chi connectivity index (χ0n) is 16.8. The van der Waals surface area contributed by atoms with Crippen molar-refractivity contribution in [2.45, 2.75) is 19.9 Å². The Kier molecular flexibility index (Phi) is 4.66. The number of aryl methyl sites for hydroxylation is 2. The predicted octanol–water partition coefficient (Wildman–Crippen LogP) is 3.59. The molecule has 7 heteroatoms. The van der Waals surface area contributed by atoms with Gasteiger partial charge in [-0.25, -0.2) is 4.79 Å². The van der Waals surface area contributed by atoms with E-state index in [-0.39, 0.29) is 5.75 Å². The van der Waals surface area contributed by atoms with Gasteiger partial charge in [-0.1, -0.05) is 0 Å². The van der Waals surface area contributed by atoms with E-state index in [4.69, 9.17) is 14.2 Å². The molecule has 7 nitrogen and oxygen atoms in total. The molecule has 1 aromatic carbocycles. The van der Waals surface area contributed by atoms with Crippen LogP contribution in [0.4, 0.5) is 0 Å². The van der Waals surface area contributed by atoms with E-state index < -0.39 is 5.97 Å². The number of esters is 1. The van der Waals surface area contributed by atoms with Crippen molar-refractivity contribution in [2.24, 2.45) is 0 Å². The van der Waals surface area contributed by atoms with Crippen LogP contribution in [0.25, 0.3) is 22.6 Å². The SMILES string of the molecule is COC(=O)c1ccc(C)nc1-c1c(O)cc2n1CCc1cc(OC)c(OC)cc1-2. The number of methoxy groups -OCH3 is 3. The molecule has 0 saturated heterocycles. The Morgan fingerprint density at radius 3 is 2.52 bits per heavy atom. The molecule has 0 atom stereocenters. The molecule has 2 aromatic heterocycles. The minimum Gasteiger partial charge on any atom is -0.506 e. The van der Waals surface area contributed by atoms with Gasteiger partial charge in [0.05, 0.1) is 32.6 Å². The van der Waals surface area contributed by atoms with Crippen molar-refractivity contribution in [3.8, 4) is 39.9 Å². The van der Waals surface area contributed by atoms with Gasteiger partial charge in [-0.05, 0) is 43.2 Å². The highest BCUT2D eigenvalue weighted by Gasteiger charge is 2.28. The number of hydrogen-bond donors (Lipinski definition) is 1. The lowest BCUT2D eigenvalue weighted by Crippen LogP contribution is -2.14. The van der Waals surface area contributed by atoms with E-state index in [0.717, 1.165) is 28.9 Å². The minimum absolute atomic E-state index is 0.0610. The third-order valence-corrected chi connectivity index (χ3v) is 5.23. The zero-order valence-corrected chi connectivity index (χ0v) is 16.8. The van der Waals surface area contributed by atoms with Crippen LogP contribution in [0.15, 0.2) is 30.3 Å². The molecule has 0 spiro atoms. The van der Waals surface area contributed by atoms with Gasteiger partial charge in [0.25, 0.3) is 0 Å². The summed E-state index contributed by atoms with van der Waals surface area (Å²) < 4.78 is 17.8. The van der Waals surface area contributed by atoms with Crippen molar-refractivity contribution < 1.29 is 24.1 Å². The number of pyridine rings is 1. The molecule has 3 heterocycles. The van der Waals surface area contributed by atoms with Gasteiger partial charge in [0.2, 0.25) is 0 Å². The van der Waals surface area contributed by atoms with Gasteiger partial charge in [-0.2, -0.15) is 0 Å². The standard InChI is InChI=1S/C22H22N2O5/c1-12-5-6-14(22(26)29-4)20(23-12)21-17(25)11-16-15-10-19(28-3)18(27-2)9-13(15)7-8-24(16)21/h5-6,9-11,25H,7-8H2,1-4H3. The summed E-state index contributed by atoms with van der Waals surface area (Å²) in [4.78, 5) is 16.8. The van der Waals surface area contributed by atoms with Gasteiger partial charge in [0, 0.05) is 23.9 Å². The van der Waals surface area contributed by atoms with Crippen molar-refractivity contribution in [1.82, 2.24) is 9.55 Å². The molecular formula is C22H22N2O5. The third-order valence-electron chi connectivity index (χ3n) is 5.23. The third kappa shape index (κ3) is 2.99. The number of nitrogens with zero attached hydrogens (tertiary/aromatic N) is 2. The molecule has 4 rings (SSSR count). The normalized spacial score (nSPS) is 12.1. The summed E-state index contributed by atoms with van der Waals surface area (Å²) in [5, 5.41) is 10.8. The maximum absolute atomic E-state index is 12.3. The quantitative estimate of drug-likeness (QED) is 0.681. The average Bonchev–Trinajstić information content (AvgIpc) is 3.08. The molecule has 150 valence electrons. The Bertz CT molecular complexity index is 1120. The molecule has 0 amide bonds. The summed E-state index contributed by atoms with van der Waals surface area (Å²) in [6.07, 6.45) is 0.739. The van der Waals surface area contributed by atoms with E-state index in [1.54, 1.807) is 32.4 Å². The average molecular weight is 394 g/mol. The van der Waals surface area contributed by atoms with Crippen LogP contribution in [0, 0.1) is 6.92 Å². The first-order valence-electron chi connectivity index (χ1n) is 9.22. The second-order valence-corrected chi connectivity index (χ2v) is 6.87.